The van der Waals surface area contributed by atoms with Gasteiger partial charge in [0.25, 0.3) is 0 Å². The minimum absolute atomic E-state index is 0.639. The molecule has 1 aliphatic rings. The van der Waals surface area contributed by atoms with E-state index in [1.165, 1.54) is 103 Å². The van der Waals surface area contributed by atoms with Gasteiger partial charge in [0.2, 0.25) is 0 Å². The highest BCUT2D eigenvalue weighted by Gasteiger charge is 2.23. The van der Waals surface area contributed by atoms with Crippen LogP contribution >= 0.6 is 0 Å². The Bertz CT molecular complexity index is 313. The molecular formula is C23H46N2. The Kier molecular flexibility index (Phi) is 14.0. The first-order valence-corrected chi connectivity index (χ1v) is 11.5. The molecule has 1 unspecified atom stereocenters. The van der Waals surface area contributed by atoms with E-state index in [9.17, 15) is 0 Å². The quantitative estimate of drug-likeness (QED) is 0.254. The van der Waals surface area contributed by atoms with E-state index in [4.69, 9.17) is 0 Å². The highest BCUT2D eigenvalue weighted by Crippen LogP contribution is 2.22. The largest absolute Gasteiger partial charge is 0.356 e. The highest BCUT2D eigenvalue weighted by atomic mass is 15.4. The average Bonchev–Trinajstić information content (AvgIpc) is 3.02. The molecule has 1 heterocycles. The summed E-state index contributed by atoms with van der Waals surface area (Å²) in [5, 5.41) is 0. The summed E-state index contributed by atoms with van der Waals surface area (Å²) in [6.07, 6.45) is 26.5. The first kappa shape index (κ1) is 22.4. The predicted molar refractivity (Wildman–Crippen MR) is 113 cm³/mol. The van der Waals surface area contributed by atoms with Gasteiger partial charge in [-0.3, -0.25) is 0 Å². The molecule has 2 nitrogen and oxygen atoms in total. The van der Waals surface area contributed by atoms with Crippen LogP contribution in [-0.2, 0) is 0 Å². The third-order valence-electron chi connectivity index (χ3n) is 5.67. The first-order valence-electron chi connectivity index (χ1n) is 11.5. The van der Waals surface area contributed by atoms with Crippen LogP contribution in [0.4, 0.5) is 0 Å². The maximum atomic E-state index is 2.57. The zero-order valence-corrected chi connectivity index (χ0v) is 17.6. The second kappa shape index (κ2) is 15.6. The summed E-state index contributed by atoms with van der Waals surface area (Å²) >= 11 is 0. The van der Waals surface area contributed by atoms with Gasteiger partial charge < -0.3 is 9.80 Å². The molecule has 0 amide bonds. The predicted octanol–water partition coefficient (Wildman–Crippen LogP) is 7.31. The number of hydrogen-bond acceptors (Lipinski definition) is 2. The van der Waals surface area contributed by atoms with Crippen LogP contribution in [0, 0.1) is 0 Å². The normalized spacial score (nSPS) is 17.0. The smallest absolute Gasteiger partial charge is 0.101 e. The van der Waals surface area contributed by atoms with Crippen LogP contribution in [-0.4, -0.2) is 29.1 Å². The molecule has 25 heavy (non-hydrogen) atoms. The highest BCUT2D eigenvalue weighted by molar-refractivity contribution is 4.96. The van der Waals surface area contributed by atoms with Crippen LogP contribution in [0.5, 0.6) is 0 Å². The molecule has 0 aliphatic carbocycles. The van der Waals surface area contributed by atoms with E-state index < -0.39 is 0 Å². The van der Waals surface area contributed by atoms with Crippen LogP contribution in [0.1, 0.15) is 117 Å². The number of unbranched alkanes of at least 4 members (excludes halogenated alkanes) is 12. The Morgan fingerprint density at radius 2 is 1.04 bits per heavy atom. The first-order chi connectivity index (χ1) is 12.3. The third kappa shape index (κ3) is 10.2. The Morgan fingerprint density at radius 3 is 1.56 bits per heavy atom. The van der Waals surface area contributed by atoms with E-state index in [-0.39, 0.29) is 0 Å². The summed E-state index contributed by atoms with van der Waals surface area (Å²) in [5.41, 5.74) is 0. The van der Waals surface area contributed by atoms with Gasteiger partial charge in [-0.1, -0.05) is 90.9 Å². The molecule has 1 rings (SSSR count). The Morgan fingerprint density at radius 1 is 0.560 bits per heavy atom. The second-order valence-corrected chi connectivity index (χ2v) is 7.88. The SMILES string of the molecule is CCCCCCCCCCCCCCC1N(CC)C=CN1CCCC. The van der Waals surface area contributed by atoms with Crippen LogP contribution in [0.2, 0.25) is 0 Å². The summed E-state index contributed by atoms with van der Waals surface area (Å²) in [5.74, 6) is 0. The van der Waals surface area contributed by atoms with Crippen molar-refractivity contribution in [2.75, 3.05) is 13.1 Å². The monoisotopic (exact) mass is 350 g/mol. The van der Waals surface area contributed by atoms with Crippen molar-refractivity contribution in [2.24, 2.45) is 0 Å². The van der Waals surface area contributed by atoms with Crippen LogP contribution in [0.25, 0.3) is 0 Å². The summed E-state index contributed by atoms with van der Waals surface area (Å²) in [7, 11) is 0. The molecule has 0 aromatic rings. The van der Waals surface area contributed by atoms with Crippen molar-refractivity contribution in [3.05, 3.63) is 12.4 Å². The molecule has 0 saturated heterocycles. The molecule has 0 bridgehead atoms. The summed E-state index contributed by atoms with van der Waals surface area (Å²) in [6.45, 7) is 9.24. The van der Waals surface area contributed by atoms with E-state index in [1.54, 1.807) is 0 Å². The lowest BCUT2D eigenvalue weighted by Crippen LogP contribution is -2.38. The van der Waals surface area contributed by atoms with Gasteiger partial charge in [-0.25, -0.2) is 0 Å². The molecule has 148 valence electrons. The summed E-state index contributed by atoms with van der Waals surface area (Å²) in [4.78, 5) is 5.10. The molecule has 1 atom stereocenters. The van der Waals surface area contributed by atoms with Crippen molar-refractivity contribution in [3.63, 3.8) is 0 Å². The molecule has 1 aliphatic heterocycles. The third-order valence-corrected chi connectivity index (χ3v) is 5.67. The number of hydrogen-bond donors (Lipinski definition) is 0. The topological polar surface area (TPSA) is 6.48 Å². The molecule has 2 heteroatoms. The lowest BCUT2D eigenvalue weighted by atomic mass is 10.0. The zero-order chi connectivity index (χ0) is 18.2. The molecule has 0 N–H and O–H groups in total. The fourth-order valence-corrected chi connectivity index (χ4v) is 3.94. The molecule has 0 radical (unpaired) electrons. The van der Waals surface area contributed by atoms with Crippen molar-refractivity contribution in [1.82, 2.24) is 9.80 Å². The minimum Gasteiger partial charge on any atom is -0.356 e. The number of nitrogens with zero attached hydrogens (tertiary/aromatic N) is 2. The standard InChI is InChI=1S/C23H46N2/c1-4-7-9-10-11-12-13-14-15-16-17-18-19-23-24(6-3)21-22-25(23)20-8-5-2/h21-23H,4-20H2,1-3H3. The van der Waals surface area contributed by atoms with Gasteiger partial charge in [0.05, 0.1) is 0 Å². The molecular weight excluding hydrogens is 304 g/mol. The van der Waals surface area contributed by atoms with E-state index >= 15 is 0 Å². The fourth-order valence-electron chi connectivity index (χ4n) is 3.94. The van der Waals surface area contributed by atoms with Gasteiger partial charge in [-0.05, 0) is 26.2 Å². The van der Waals surface area contributed by atoms with E-state index in [0.717, 1.165) is 6.54 Å². The Labute approximate surface area is 159 Å². The van der Waals surface area contributed by atoms with E-state index in [2.05, 4.69) is 43.0 Å². The zero-order valence-electron chi connectivity index (χ0n) is 17.6. The van der Waals surface area contributed by atoms with Crippen molar-refractivity contribution < 1.29 is 0 Å². The van der Waals surface area contributed by atoms with Crippen LogP contribution in [0.3, 0.4) is 0 Å². The van der Waals surface area contributed by atoms with Crippen molar-refractivity contribution in [1.29, 1.82) is 0 Å². The molecule has 0 saturated carbocycles. The van der Waals surface area contributed by atoms with Gasteiger partial charge in [0.15, 0.2) is 0 Å². The summed E-state index contributed by atoms with van der Waals surface area (Å²) in [6, 6.07) is 0. The van der Waals surface area contributed by atoms with Gasteiger partial charge in [0, 0.05) is 25.5 Å². The van der Waals surface area contributed by atoms with Crippen molar-refractivity contribution >= 4 is 0 Å². The van der Waals surface area contributed by atoms with Gasteiger partial charge >= 0.3 is 0 Å². The lowest BCUT2D eigenvalue weighted by Gasteiger charge is -2.32. The van der Waals surface area contributed by atoms with Gasteiger partial charge in [-0.15, -0.1) is 0 Å². The lowest BCUT2D eigenvalue weighted by molar-refractivity contribution is 0.143. The van der Waals surface area contributed by atoms with Crippen molar-refractivity contribution in [3.8, 4) is 0 Å². The van der Waals surface area contributed by atoms with Crippen LogP contribution in [0.15, 0.2) is 12.4 Å². The maximum absolute atomic E-state index is 2.57. The Hall–Kier alpha value is -0.660. The average molecular weight is 351 g/mol. The van der Waals surface area contributed by atoms with Crippen molar-refractivity contribution in [2.45, 2.75) is 123 Å². The Balaban J connectivity index is 1.97. The van der Waals surface area contributed by atoms with Gasteiger partial charge in [0.1, 0.15) is 6.17 Å². The minimum atomic E-state index is 0.639. The summed E-state index contributed by atoms with van der Waals surface area (Å²) < 4.78 is 0. The van der Waals surface area contributed by atoms with Gasteiger partial charge in [-0.2, -0.15) is 0 Å². The number of rotatable bonds is 17. The second-order valence-electron chi connectivity index (χ2n) is 7.88. The van der Waals surface area contributed by atoms with Crippen LogP contribution < -0.4 is 0 Å². The molecule has 0 aromatic carbocycles. The molecule has 0 fully saturated rings. The molecule has 0 spiro atoms. The fraction of sp³-hybridized carbons (Fsp3) is 0.913. The van der Waals surface area contributed by atoms with E-state index in [1.807, 2.05) is 0 Å². The maximum Gasteiger partial charge on any atom is 0.101 e. The molecule has 0 aromatic heterocycles. The van der Waals surface area contributed by atoms with E-state index in [0.29, 0.717) is 6.17 Å².